The third-order valence-electron chi connectivity index (χ3n) is 5.40. The molecule has 134 valence electrons. The van der Waals surface area contributed by atoms with Crippen LogP contribution in [0.15, 0.2) is 24.4 Å². The lowest BCUT2D eigenvalue weighted by Crippen LogP contribution is -2.41. The van der Waals surface area contributed by atoms with E-state index >= 15 is 0 Å². The van der Waals surface area contributed by atoms with Crippen LogP contribution in [0.4, 0.5) is 5.82 Å². The average Bonchev–Trinajstić information content (AvgIpc) is 2.99. The smallest absolute Gasteiger partial charge is 0.399 e. The largest absolute Gasteiger partial charge is 0.494 e. The van der Waals surface area contributed by atoms with Gasteiger partial charge in [0.1, 0.15) is 5.82 Å². The van der Waals surface area contributed by atoms with Crippen molar-refractivity contribution >= 4 is 18.4 Å². The van der Waals surface area contributed by atoms with Gasteiger partial charge in [0.15, 0.2) is 0 Å². The third-order valence-corrected chi connectivity index (χ3v) is 5.40. The molecule has 25 heavy (non-hydrogen) atoms. The van der Waals surface area contributed by atoms with Crippen LogP contribution in [0, 0.1) is 13.8 Å². The number of hydrogen-bond acceptors (Lipinski definition) is 4. The van der Waals surface area contributed by atoms with Gasteiger partial charge in [0.2, 0.25) is 0 Å². The number of hydrogen-bond donors (Lipinski definition) is 1. The van der Waals surface area contributed by atoms with E-state index < -0.39 is 0 Å². The Morgan fingerprint density at radius 3 is 2.12 bits per heavy atom. The lowest BCUT2D eigenvalue weighted by atomic mass is 9.76. The summed E-state index contributed by atoms with van der Waals surface area (Å²) in [6, 6.07) is 6.32. The van der Waals surface area contributed by atoms with Crippen LogP contribution in [0.25, 0.3) is 0 Å². The van der Waals surface area contributed by atoms with E-state index in [1.165, 1.54) is 16.7 Å². The lowest BCUT2D eigenvalue weighted by molar-refractivity contribution is 0.00578. The summed E-state index contributed by atoms with van der Waals surface area (Å²) in [7, 11) is 1.60. The standard InChI is InChI=1S/C19H28BN3O2/c1-13-10-15(20-24-18(3,4)19(5,6)25-20)11-14(2)16(13)12-21-17-8-9-23(7)22-17/h8-11H,12H2,1-7H3,(H,21,22). The number of aromatic nitrogens is 2. The summed E-state index contributed by atoms with van der Waals surface area (Å²) in [5.41, 5.74) is 4.18. The molecule has 0 bridgehead atoms. The first-order chi connectivity index (χ1) is 11.6. The van der Waals surface area contributed by atoms with E-state index in [0.717, 1.165) is 17.8 Å². The maximum atomic E-state index is 6.18. The molecule has 1 N–H and O–H groups in total. The zero-order valence-corrected chi connectivity index (χ0v) is 16.3. The highest BCUT2D eigenvalue weighted by Gasteiger charge is 2.51. The second-order valence-electron chi connectivity index (χ2n) is 7.95. The van der Waals surface area contributed by atoms with Gasteiger partial charge in [-0.15, -0.1) is 0 Å². The van der Waals surface area contributed by atoms with Crippen molar-refractivity contribution in [1.29, 1.82) is 0 Å². The van der Waals surface area contributed by atoms with Crippen LogP contribution in [0.2, 0.25) is 0 Å². The number of aryl methyl sites for hydroxylation is 3. The average molecular weight is 341 g/mol. The number of nitrogens with one attached hydrogen (secondary N) is 1. The molecule has 0 unspecified atom stereocenters. The first-order valence-electron chi connectivity index (χ1n) is 8.78. The van der Waals surface area contributed by atoms with Crippen molar-refractivity contribution in [3.05, 3.63) is 41.1 Å². The highest BCUT2D eigenvalue weighted by Crippen LogP contribution is 2.36. The van der Waals surface area contributed by atoms with Crippen LogP contribution >= 0.6 is 0 Å². The number of anilines is 1. The fourth-order valence-corrected chi connectivity index (χ4v) is 3.11. The molecule has 0 amide bonds. The Bertz CT molecular complexity index is 744. The van der Waals surface area contributed by atoms with Gasteiger partial charge >= 0.3 is 7.12 Å². The van der Waals surface area contributed by atoms with Crippen molar-refractivity contribution in [2.24, 2.45) is 7.05 Å². The molecule has 1 saturated heterocycles. The van der Waals surface area contributed by atoms with E-state index in [9.17, 15) is 0 Å². The molecule has 5 nitrogen and oxygen atoms in total. The molecule has 6 heteroatoms. The van der Waals surface area contributed by atoms with Crippen molar-refractivity contribution in [3.8, 4) is 0 Å². The molecule has 1 aromatic heterocycles. The summed E-state index contributed by atoms with van der Waals surface area (Å²) < 4.78 is 14.2. The molecule has 0 saturated carbocycles. The van der Waals surface area contributed by atoms with Crippen molar-refractivity contribution < 1.29 is 9.31 Å². The second kappa shape index (κ2) is 6.18. The highest BCUT2D eigenvalue weighted by molar-refractivity contribution is 6.62. The summed E-state index contributed by atoms with van der Waals surface area (Å²) in [6.07, 6.45) is 1.93. The normalized spacial score (nSPS) is 18.6. The molecule has 2 aromatic rings. The van der Waals surface area contributed by atoms with Gasteiger partial charge in [0.25, 0.3) is 0 Å². The van der Waals surface area contributed by atoms with Gasteiger partial charge in [-0.25, -0.2) is 0 Å². The fraction of sp³-hybridized carbons (Fsp3) is 0.526. The molecule has 1 aliphatic rings. The molecule has 0 aliphatic carbocycles. The van der Waals surface area contributed by atoms with Gasteiger partial charge in [-0.3, -0.25) is 4.68 Å². The molecular formula is C19H28BN3O2. The van der Waals surface area contributed by atoms with Gasteiger partial charge < -0.3 is 14.6 Å². The van der Waals surface area contributed by atoms with Gasteiger partial charge in [-0.2, -0.15) is 5.10 Å². The Balaban J connectivity index is 1.79. The van der Waals surface area contributed by atoms with Gasteiger partial charge in [0.05, 0.1) is 11.2 Å². The summed E-state index contributed by atoms with van der Waals surface area (Å²) in [4.78, 5) is 0. The van der Waals surface area contributed by atoms with Gasteiger partial charge in [0, 0.05) is 25.9 Å². The summed E-state index contributed by atoms with van der Waals surface area (Å²) >= 11 is 0. The summed E-state index contributed by atoms with van der Waals surface area (Å²) in [5, 5.41) is 7.75. The minimum atomic E-state index is -0.321. The molecule has 3 rings (SSSR count). The van der Waals surface area contributed by atoms with Crippen molar-refractivity contribution in [1.82, 2.24) is 9.78 Å². The summed E-state index contributed by atoms with van der Waals surface area (Å²) in [5.74, 6) is 0.885. The zero-order valence-electron chi connectivity index (χ0n) is 16.3. The fourth-order valence-electron chi connectivity index (χ4n) is 3.11. The monoisotopic (exact) mass is 341 g/mol. The summed E-state index contributed by atoms with van der Waals surface area (Å²) in [6.45, 7) is 13.3. The molecule has 1 aromatic carbocycles. The van der Waals surface area contributed by atoms with Gasteiger partial charge in [-0.1, -0.05) is 12.1 Å². The Kier molecular flexibility index (Phi) is 4.46. The Hall–Kier alpha value is -1.79. The SMILES string of the molecule is Cc1cc(B2OC(C)(C)C(C)(C)O2)cc(C)c1CNc1ccn(C)n1. The Morgan fingerprint density at radius 1 is 1.08 bits per heavy atom. The van der Waals surface area contributed by atoms with E-state index in [2.05, 4.69) is 64.1 Å². The second-order valence-corrected chi connectivity index (χ2v) is 7.95. The predicted octanol–water partition coefficient (Wildman–Crippen LogP) is 2.95. The minimum Gasteiger partial charge on any atom is -0.399 e. The number of nitrogens with zero attached hydrogens (tertiary/aromatic N) is 2. The first kappa shape index (κ1) is 18.0. The molecular weight excluding hydrogens is 313 g/mol. The van der Waals surface area contributed by atoms with E-state index in [1.807, 2.05) is 19.3 Å². The third kappa shape index (κ3) is 3.46. The molecule has 0 atom stereocenters. The van der Waals surface area contributed by atoms with Crippen LogP contribution in [-0.4, -0.2) is 28.1 Å². The lowest BCUT2D eigenvalue weighted by Gasteiger charge is -2.32. The minimum absolute atomic E-state index is 0.319. The van der Waals surface area contributed by atoms with E-state index in [0.29, 0.717) is 0 Å². The topological polar surface area (TPSA) is 48.3 Å². The zero-order chi connectivity index (χ0) is 18.4. The predicted molar refractivity (Wildman–Crippen MR) is 102 cm³/mol. The van der Waals surface area contributed by atoms with E-state index in [-0.39, 0.29) is 18.3 Å². The van der Waals surface area contributed by atoms with E-state index in [4.69, 9.17) is 9.31 Å². The van der Waals surface area contributed by atoms with Crippen molar-refractivity contribution in [2.75, 3.05) is 5.32 Å². The highest BCUT2D eigenvalue weighted by atomic mass is 16.7. The molecule has 1 aliphatic heterocycles. The van der Waals surface area contributed by atoms with Gasteiger partial charge in [-0.05, 0) is 63.7 Å². The van der Waals surface area contributed by atoms with Crippen molar-refractivity contribution in [2.45, 2.75) is 59.3 Å². The Morgan fingerprint density at radius 2 is 1.64 bits per heavy atom. The van der Waals surface area contributed by atoms with Crippen LogP contribution < -0.4 is 10.8 Å². The molecule has 0 spiro atoms. The van der Waals surface area contributed by atoms with E-state index in [1.54, 1.807) is 4.68 Å². The molecule has 2 heterocycles. The van der Waals surface area contributed by atoms with Crippen LogP contribution in [0.1, 0.15) is 44.4 Å². The maximum Gasteiger partial charge on any atom is 0.494 e. The van der Waals surface area contributed by atoms with Crippen molar-refractivity contribution in [3.63, 3.8) is 0 Å². The quantitative estimate of drug-likeness (QED) is 0.869. The van der Waals surface area contributed by atoms with Crippen LogP contribution in [0.3, 0.4) is 0 Å². The molecule has 0 radical (unpaired) electrons. The molecule has 1 fully saturated rings. The Labute approximate surface area is 150 Å². The number of benzene rings is 1. The van der Waals surface area contributed by atoms with Crippen LogP contribution in [0.5, 0.6) is 0 Å². The maximum absolute atomic E-state index is 6.18. The number of rotatable bonds is 4. The van der Waals surface area contributed by atoms with Crippen LogP contribution in [-0.2, 0) is 22.9 Å². The first-order valence-corrected chi connectivity index (χ1v) is 8.78.